The van der Waals surface area contributed by atoms with Crippen LogP contribution in [-0.4, -0.2) is 55.5 Å². The van der Waals surface area contributed by atoms with E-state index < -0.39 is 29.6 Å². The van der Waals surface area contributed by atoms with Crippen LogP contribution in [0.5, 0.6) is 0 Å². The van der Waals surface area contributed by atoms with Gasteiger partial charge in [-0.05, 0) is 40.8 Å². The Morgan fingerprint density at radius 3 is 2.97 bits per heavy atom. The second-order valence-corrected chi connectivity index (χ2v) is 9.96. The molecule has 0 radical (unpaired) electrons. The lowest BCUT2D eigenvalue weighted by Crippen LogP contribution is -2.46. The minimum Gasteiger partial charge on any atom is -0.408 e. The zero-order chi connectivity index (χ0) is 26.1. The summed E-state index contributed by atoms with van der Waals surface area (Å²) in [6, 6.07) is 11.9. The third kappa shape index (κ3) is 5.01. The molecule has 3 atom stereocenters. The molecule has 4 aromatic rings. The van der Waals surface area contributed by atoms with Crippen molar-refractivity contribution in [2.24, 2.45) is 7.05 Å². The fraction of sp³-hybridized carbons (Fsp3) is 0.346. The lowest BCUT2D eigenvalue weighted by Gasteiger charge is -2.18. The molecule has 0 saturated carbocycles. The van der Waals surface area contributed by atoms with E-state index in [1.807, 2.05) is 18.2 Å². The van der Waals surface area contributed by atoms with Crippen LogP contribution in [0.3, 0.4) is 0 Å². The van der Waals surface area contributed by atoms with Gasteiger partial charge in [-0.15, -0.1) is 11.3 Å². The molecule has 1 saturated heterocycles. The van der Waals surface area contributed by atoms with Crippen molar-refractivity contribution in [1.82, 2.24) is 15.2 Å². The van der Waals surface area contributed by atoms with Gasteiger partial charge in [0, 0.05) is 38.5 Å². The Morgan fingerprint density at radius 1 is 1.35 bits per heavy atom. The molecule has 37 heavy (non-hydrogen) atoms. The summed E-state index contributed by atoms with van der Waals surface area (Å²) < 4.78 is 33.5. The number of oxazole rings is 1. The van der Waals surface area contributed by atoms with E-state index in [2.05, 4.69) is 16.7 Å². The number of nitrogens with one attached hydrogen (secondary N) is 2. The lowest BCUT2D eigenvalue weighted by atomic mass is 10.0. The fourth-order valence-corrected chi connectivity index (χ4v) is 5.46. The van der Waals surface area contributed by atoms with Gasteiger partial charge >= 0.3 is 5.76 Å². The van der Waals surface area contributed by atoms with E-state index >= 15 is 4.39 Å². The summed E-state index contributed by atoms with van der Waals surface area (Å²) in [6.07, 6.45) is -0.911. The molecule has 192 valence electrons. The number of rotatable bonds is 6. The molecule has 0 spiro atoms. The minimum absolute atomic E-state index is 0.0151. The number of amides is 1. The van der Waals surface area contributed by atoms with Gasteiger partial charge in [-0.25, -0.2) is 9.18 Å². The average Bonchev–Trinajstić information content (AvgIpc) is 3.35. The molecule has 0 bridgehead atoms. The summed E-state index contributed by atoms with van der Waals surface area (Å²) >= 11 is 1.28. The second-order valence-electron chi connectivity index (χ2n) is 8.91. The maximum atomic E-state index is 15.5. The number of hydrogen-bond donors (Lipinski definition) is 2. The summed E-state index contributed by atoms with van der Waals surface area (Å²) in [4.78, 5) is 25.3. The van der Waals surface area contributed by atoms with Crippen LogP contribution < -0.4 is 16.4 Å². The summed E-state index contributed by atoms with van der Waals surface area (Å²) in [5, 5.41) is 16.1. The Morgan fingerprint density at radius 2 is 2.19 bits per heavy atom. The smallest absolute Gasteiger partial charge is 0.408 e. The SMILES string of the molecule is COC1CNCC(C(=O)NC(C#N)Cc2ccc3cc(-c4ccc5oc(=O)n(C)c5c4)sc3c2F)OC1. The van der Waals surface area contributed by atoms with Gasteiger partial charge in [0.2, 0.25) is 0 Å². The van der Waals surface area contributed by atoms with Crippen LogP contribution in [0.1, 0.15) is 5.56 Å². The first kappa shape index (κ1) is 25.1. The number of halogens is 1. The Bertz CT molecular complexity index is 1570. The van der Waals surface area contributed by atoms with Crippen LogP contribution in [-0.2, 0) is 27.7 Å². The molecule has 0 aliphatic carbocycles. The summed E-state index contributed by atoms with van der Waals surface area (Å²) in [5.41, 5.74) is 2.30. The molecule has 3 unspecified atom stereocenters. The van der Waals surface area contributed by atoms with Crippen molar-refractivity contribution in [2.75, 3.05) is 26.8 Å². The lowest BCUT2D eigenvalue weighted by molar-refractivity contribution is -0.133. The van der Waals surface area contributed by atoms with Gasteiger partial charge in [-0.3, -0.25) is 9.36 Å². The van der Waals surface area contributed by atoms with Crippen molar-refractivity contribution in [3.05, 3.63) is 58.3 Å². The molecule has 2 aromatic heterocycles. The molecule has 1 fully saturated rings. The van der Waals surface area contributed by atoms with Crippen LogP contribution >= 0.6 is 11.3 Å². The summed E-state index contributed by atoms with van der Waals surface area (Å²) in [6.45, 7) is 1.11. The molecule has 9 nitrogen and oxygen atoms in total. The largest absolute Gasteiger partial charge is 0.419 e. The van der Waals surface area contributed by atoms with Gasteiger partial charge in [0.15, 0.2) is 5.58 Å². The third-order valence-corrected chi connectivity index (χ3v) is 7.68. The van der Waals surface area contributed by atoms with E-state index in [4.69, 9.17) is 13.9 Å². The number of methoxy groups -OCH3 is 1. The molecular weight excluding hydrogens is 499 g/mol. The second kappa shape index (κ2) is 10.4. The highest BCUT2D eigenvalue weighted by Crippen LogP contribution is 2.37. The predicted molar refractivity (Wildman–Crippen MR) is 137 cm³/mol. The molecule has 1 aliphatic heterocycles. The Labute approximate surface area is 215 Å². The number of carbonyl (C=O) groups is 1. The van der Waals surface area contributed by atoms with Crippen molar-refractivity contribution in [1.29, 1.82) is 5.26 Å². The highest BCUT2D eigenvalue weighted by atomic mass is 32.1. The number of carbonyl (C=O) groups excluding carboxylic acids is 1. The van der Waals surface area contributed by atoms with E-state index in [-0.39, 0.29) is 19.1 Å². The van der Waals surface area contributed by atoms with Crippen molar-refractivity contribution in [2.45, 2.75) is 24.7 Å². The van der Waals surface area contributed by atoms with Crippen LogP contribution in [0, 0.1) is 17.1 Å². The first-order valence-corrected chi connectivity index (χ1v) is 12.6. The average molecular weight is 525 g/mol. The molecule has 3 heterocycles. The highest BCUT2D eigenvalue weighted by Gasteiger charge is 2.27. The standard InChI is InChI=1S/C26H25FN4O5S/c1-31-19-8-14(5-6-20(19)36-26(31)33)22-9-16-4-3-15(23(27)24(16)37-22)7-17(10-28)30-25(32)21-12-29-11-18(34-2)13-35-21/h3-6,8-9,17-18,21,29H,7,11-13H2,1-2H3,(H,30,32). The summed E-state index contributed by atoms with van der Waals surface area (Å²) in [7, 11) is 3.21. The van der Waals surface area contributed by atoms with Crippen LogP contribution in [0.15, 0.2) is 45.6 Å². The van der Waals surface area contributed by atoms with E-state index in [0.29, 0.717) is 34.5 Å². The number of hydrogen-bond acceptors (Lipinski definition) is 8. The van der Waals surface area contributed by atoms with Crippen LogP contribution in [0.2, 0.25) is 0 Å². The molecule has 11 heteroatoms. The minimum atomic E-state index is -0.922. The number of nitrogens with zero attached hydrogens (tertiary/aromatic N) is 2. The first-order chi connectivity index (χ1) is 17.9. The van der Waals surface area contributed by atoms with Gasteiger partial charge < -0.3 is 24.5 Å². The maximum absolute atomic E-state index is 15.5. The number of benzene rings is 2. The molecule has 1 aliphatic rings. The first-order valence-electron chi connectivity index (χ1n) is 11.7. The van der Waals surface area contributed by atoms with Crippen LogP contribution in [0.4, 0.5) is 4.39 Å². The Hall–Kier alpha value is -3.56. The van der Waals surface area contributed by atoms with Crippen molar-refractivity contribution in [3.63, 3.8) is 0 Å². The number of thiophene rings is 1. The number of nitriles is 1. The Kier molecular flexibility index (Phi) is 7.08. The van der Waals surface area contributed by atoms with Gasteiger partial charge in [0.05, 0.1) is 29.0 Å². The fourth-order valence-electron chi connectivity index (χ4n) is 4.34. The van der Waals surface area contributed by atoms with Crippen molar-refractivity contribution < 1.29 is 23.1 Å². The normalized spacial score (nSPS) is 19.0. The molecule has 1 amide bonds. The van der Waals surface area contributed by atoms with Crippen molar-refractivity contribution in [3.8, 4) is 16.5 Å². The summed E-state index contributed by atoms with van der Waals surface area (Å²) in [5.74, 6) is -1.30. The molecule has 5 rings (SSSR count). The third-order valence-electron chi connectivity index (χ3n) is 6.49. The molecular formula is C26H25FN4O5S. The van der Waals surface area contributed by atoms with Gasteiger partial charge in [0.25, 0.3) is 5.91 Å². The number of aryl methyl sites for hydroxylation is 1. The highest BCUT2D eigenvalue weighted by molar-refractivity contribution is 7.22. The topological polar surface area (TPSA) is 119 Å². The number of ether oxygens (including phenoxy) is 2. The number of aromatic nitrogens is 1. The van der Waals surface area contributed by atoms with Gasteiger partial charge in [-0.1, -0.05) is 12.1 Å². The zero-order valence-corrected chi connectivity index (χ0v) is 21.1. The van der Waals surface area contributed by atoms with E-state index in [1.54, 1.807) is 32.4 Å². The van der Waals surface area contributed by atoms with E-state index in [0.717, 1.165) is 15.8 Å². The van der Waals surface area contributed by atoms with Crippen LogP contribution in [0.25, 0.3) is 31.6 Å². The molecule has 2 aromatic carbocycles. The number of fused-ring (bicyclic) bond motifs is 2. The van der Waals surface area contributed by atoms with Crippen molar-refractivity contribution >= 4 is 38.4 Å². The Balaban J connectivity index is 1.34. The maximum Gasteiger partial charge on any atom is 0.419 e. The van der Waals surface area contributed by atoms with E-state index in [9.17, 15) is 14.9 Å². The van der Waals surface area contributed by atoms with E-state index in [1.165, 1.54) is 15.9 Å². The van der Waals surface area contributed by atoms with Gasteiger partial charge in [0.1, 0.15) is 18.0 Å². The monoisotopic (exact) mass is 524 g/mol. The quantitative estimate of drug-likeness (QED) is 0.398. The molecule has 2 N–H and O–H groups in total. The predicted octanol–water partition coefficient (Wildman–Crippen LogP) is 2.71. The zero-order valence-electron chi connectivity index (χ0n) is 20.2. The van der Waals surface area contributed by atoms with Gasteiger partial charge in [-0.2, -0.15) is 5.26 Å².